The molecule has 0 fully saturated rings. The number of aromatic nitrogens is 1. The molecule has 0 unspecified atom stereocenters. The summed E-state index contributed by atoms with van der Waals surface area (Å²) >= 11 is 6.74. The maximum Gasteiger partial charge on any atom is 0.0791 e. The number of hydrogen-bond acceptors (Lipinski definition) is 1. The fourth-order valence-corrected chi connectivity index (χ4v) is 6.81. The van der Waals surface area contributed by atoms with Gasteiger partial charge in [0.2, 0.25) is 0 Å². The molecule has 1 spiro atoms. The lowest BCUT2D eigenvalue weighted by Gasteiger charge is -2.31. The van der Waals surface area contributed by atoms with Crippen molar-refractivity contribution >= 4 is 22.5 Å². The van der Waals surface area contributed by atoms with Crippen molar-refractivity contribution < 1.29 is 0 Å². The van der Waals surface area contributed by atoms with Crippen LogP contribution in [0.4, 0.5) is 0 Å². The number of pyridine rings is 1. The third kappa shape index (κ3) is 2.39. The van der Waals surface area contributed by atoms with Gasteiger partial charge < -0.3 is 0 Å². The van der Waals surface area contributed by atoms with Gasteiger partial charge in [0.15, 0.2) is 0 Å². The third-order valence-corrected chi connectivity index (χ3v) is 8.16. The van der Waals surface area contributed by atoms with Gasteiger partial charge in [-0.25, -0.2) is 4.98 Å². The lowest BCUT2D eigenvalue weighted by Crippen LogP contribution is -2.26. The minimum atomic E-state index is -0.463. The van der Waals surface area contributed by atoms with E-state index in [0.717, 1.165) is 21.8 Å². The number of hydrogen-bond donors (Lipinski definition) is 0. The van der Waals surface area contributed by atoms with E-state index < -0.39 is 5.41 Å². The first-order chi connectivity index (χ1) is 17.8. The first-order valence-corrected chi connectivity index (χ1v) is 12.6. The molecule has 2 aliphatic carbocycles. The average molecular weight is 478 g/mol. The molecule has 0 amide bonds. The molecule has 1 heterocycles. The smallest absolute Gasteiger partial charge is 0.0791 e. The second-order valence-electron chi connectivity index (χ2n) is 9.62. The summed E-state index contributed by atoms with van der Waals surface area (Å²) in [4.78, 5) is 5.27. The fraction of sp³-hybridized carbons (Fsp3) is 0.0294. The van der Waals surface area contributed by atoms with Gasteiger partial charge in [-0.3, -0.25) is 0 Å². The number of nitrogens with zero attached hydrogens (tertiary/aromatic N) is 1. The van der Waals surface area contributed by atoms with E-state index in [0.29, 0.717) is 0 Å². The maximum atomic E-state index is 6.74. The van der Waals surface area contributed by atoms with E-state index in [9.17, 15) is 0 Å². The largest absolute Gasteiger partial charge is 0.247 e. The molecule has 36 heavy (non-hydrogen) atoms. The highest BCUT2D eigenvalue weighted by Gasteiger charge is 2.53. The SMILES string of the molecule is Clc1ccc2c(c1)C1(c3ccccc3-c3ccccc31)c1c-2c(-c2ccccc2)nc2ccccc12. The molecule has 8 rings (SSSR count). The highest BCUT2D eigenvalue weighted by molar-refractivity contribution is 6.31. The molecular formula is C34H20ClN. The zero-order chi connectivity index (χ0) is 23.9. The number of para-hydroxylation sites is 1. The van der Waals surface area contributed by atoms with Crippen LogP contribution < -0.4 is 0 Å². The van der Waals surface area contributed by atoms with Gasteiger partial charge in [-0.1, -0.05) is 115 Å². The highest BCUT2D eigenvalue weighted by atomic mass is 35.5. The van der Waals surface area contributed by atoms with Gasteiger partial charge >= 0.3 is 0 Å². The predicted octanol–water partition coefficient (Wildman–Crippen LogP) is 8.90. The highest BCUT2D eigenvalue weighted by Crippen LogP contribution is 2.65. The van der Waals surface area contributed by atoms with Crippen LogP contribution in [-0.4, -0.2) is 4.98 Å². The minimum absolute atomic E-state index is 0.463. The van der Waals surface area contributed by atoms with Crippen molar-refractivity contribution in [3.05, 3.63) is 149 Å². The first-order valence-electron chi connectivity index (χ1n) is 12.3. The molecule has 2 aliphatic rings. The van der Waals surface area contributed by atoms with E-state index in [1.807, 2.05) is 6.07 Å². The Morgan fingerprint density at radius 2 is 1.19 bits per heavy atom. The molecule has 0 saturated heterocycles. The number of fused-ring (bicyclic) bond motifs is 12. The number of halogens is 1. The Kier molecular flexibility index (Phi) is 3.99. The zero-order valence-electron chi connectivity index (χ0n) is 19.4. The summed E-state index contributed by atoms with van der Waals surface area (Å²) in [5.41, 5.74) is 12.8. The first kappa shape index (κ1) is 20.0. The van der Waals surface area contributed by atoms with Crippen molar-refractivity contribution in [2.75, 3.05) is 0 Å². The predicted molar refractivity (Wildman–Crippen MR) is 148 cm³/mol. The standard InChI is InChI=1S/C34H20ClN/c35-22-18-19-25-29(20-22)34(27-15-7-4-12-23(27)24-13-5-8-16-28(24)34)32-26-14-6-9-17-30(26)36-33(31(25)32)21-10-2-1-3-11-21/h1-20H. The Labute approximate surface area is 214 Å². The van der Waals surface area contributed by atoms with Gasteiger partial charge in [0.1, 0.15) is 0 Å². The Hall–Kier alpha value is -4.20. The van der Waals surface area contributed by atoms with E-state index >= 15 is 0 Å². The topological polar surface area (TPSA) is 12.9 Å². The van der Waals surface area contributed by atoms with Crippen LogP contribution in [0.5, 0.6) is 0 Å². The van der Waals surface area contributed by atoms with E-state index in [4.69, 9.17) is 16.6 Å². The van der Waals surface area contributed by atoms with Crippen LogP contribution in [0.1, 0.15) is 22.3 Å². The van der Waals surface area contributed by atoms with Gasteiger partial charge in [0.25, 0.3) is 0 Å². The summed E-state index contributed by atoms with van der Waals surface area (Å²) < 4.78 is 0. The Morgan fingerprint density at radius 3 is 1.94 bits per heavy atom. The van der Waals surface area contributed by atoms with Crippen LogP contribution in [0.15, 0.2) is 121 Å². The van der Waals surface area contributed by atoms with E-state index in [2.05, 4.69) is 115 Å². The van der Waals surface area contributed by atoms with Crippen LogP contribution >= 0.6 is 11.6 Å². The average Bonchev–Trinajstić information content (AvgIpc) is 3.40. The molecule has 1 nitrogen and oxygen atoms in total. The van der Waals surface area contributed by atoms with Crippen LogP contribution in [0, 0.1) is 0 Å². The molecular weight excluding hydrogens is 458 g/mol. The molecule has 0 N–H and O–H groups in total. The molecule has 0 atom stereocenters. The lowest BCUT2D eigenvalue weighted by molar-refractivity contribution is 0.801. The molecule has 1 aromatic heterocycles. The van der Waals surface area contributed by atoms with Gasteiger partial charge in [0.05, 0.1) is 16.6 Å². The Bertz CT molecular complexity index is 1810. The fourth-order valence-electron chi connectivity index (χ4n) is 6.64. The summed E-state index contributed by atoms with van der Waals surface area (Å²) in [5.74, 6) is 0. The monoisotopic (exact) mass is 477 g/mol. The quantitative estimate of drug-likeness (QED) is 0.230. The minimum Gasteiger partial charge on any atom is -0.247 e. The zero-order valence-corrected chi connectivity index (χ0v) is 20.1. The van der Waals surface area contributed by atoms with Crippen molar-refractivity contribution in [3.63, 3.8) is 0 Å². The second-order valence-corrected chi connectivity index (χ2v) is 10.1. The van der Waals surface area contributed by atoms with Crippen molar-refractivity contribution in [1.82, 2.24) is 4.98 Å². The molecule has 0 saturated carbocycles. The summed E-state index contributed by atoms with van der Waals surface area (Å²) in [7, 11) is 0. The van der Waals surface area contributed by atoms with Gasteiger partial charge in [-0.2, -0.15) is 0 Å². The van der Waals surface area contributed by atoms with Crippen LogP contribution in [0.25, 0.3) is 44.4 Å². The summed E-state index contributed by atoms with van der Waals surface area (Å²) in [6.45, 7) is 0. The van der Waals surface area contributed by atoms with Gasteiger partial charge in [-0.15, -0.1) is 0 Å². The van der Waals surface area contributed by atoms with Crippen molar-refractivity contribution in [1.29, 1.82) is 0 Å². The van der Waals surface area contributed by atoms with E-state index in [1.165, 1.54) is 49.9 Å². The van der Waals surface area contributed by atoms with E-state index in [1.54, 1.807) is 0 Å². The molecule has 168 valence electrons. The summed E-state index contributed by atoms with van der Waals surface area (Å²) in [5, 5.41) is 1.94. The number of benzene rings is 5. The summed E-state index contributed by atoms with van der Waals surface area (Å²) in [6, 6.07) is 43.2. The summed E-state index contributed by atoms with van der Waals surface area (Å²) in [6.07, 6.45) is 0. The Balaban J connectivity index is 1.67. The second kappa shape index (κ2) is 7.16. The molecule has 6 aromatic rings. The van der Waals surface area contributed by atoms with Gasteiger partial charge in [0, 0.05) is 21.5 Å². The van der Waals surface area contributed by atoms with Crippen molar-refractivity contribution in [3.8, 4) is 33.5 Å². The van der Waals surface area contributed by atoms with Crippen molar-refractivity contribution in [2.24, 2.45) is 0 Å². The van der Waals surface area contributed by atoms with E-state index in [-0.39, 0.29) is 0 Å². The maximum absolute atomic E-state index is 6.74. The Morgan fingerprint density at radius 1 is 0.556 bits per heavy atom. The molecule has 0 aliphatic heterocycles. The lowest BCUT2D eigenvalue weighted by atomic mass is 9.69. The van der Waals surface area contributed by atoms with Crippen LogP contribution in [-0.2, 0) is 5.41 Å². The molecule has 0 bridgehead atoms. The van der Waals surface area contributed by atoms with Crippen LogP contribution in [0.2, 0.25) is 5.02 Å². The molecule has 5 aromatic carbocycles. The molecule has 0 radical (unpaired) electrons. The van der Waals surface area contributed by atoms with Crippen LogP contribution in [0.3, 0.4) is 0 Å². The van der Waals surface area contributed by atoms with Crippen molar-refractivity contribution in [2.45, 2.75) is 5.41 Å². The molecule has 2 heteroatoms. The third-order valence-electron chi connectivity index (χ3n) is 7.92. The normalized spacial score (nSPS) is 13.9. The number of rotatable bonds is 1. The van der Waals surface area contributed by atoms with Gasteiger partial charge in [-0.05, 0) is 57.1 Å².